The number of carbonyl (C=O) groups is 1. The predicted molar refractivity (Wildman–Crippen MR) is 63.0 cm³/mol. The molecule has 0 radical (unpaired) electrons. The molecule has 0 aliphatic carbocycles. The van der Waals surface area contributed by atoms with Gasteiger partial charge in [0, 0.05) is 0 Å². The van der Waals surface area contributed by atoms with Crippen LogP contribution in [0.2, 0.25) is 0 Å². The van der Waals surface area contributed by atoms with Crippen LogP contribution in [0.1, 0.15) is 10.4 Å². The highest BCUT2D eigenvalue weighted by molar-refractivity contribution is 5.95. The van der Waals surface area contributed by atoms with Gasteiger partial charge >= 0.3 is 5.97 Å². The minimum Gasteiger partial charge on any atom is -0.478 e. The van der Waals surface area contributed by atoms with Gasteiger partial charge in [-0.25, -0.2) is 13.6 Å². The van der Waals surface area contributed by atoms with E-state index in [1.54, 1.807) is 12.1 Å². The maximum Gasteiger partial charge on any atom is 0.337 e. The molecule has 0 spiro atoms. The maximum absolute atomic E-state index is 13.4. The van der Waals surface area contributed by atoms with Crippen LogP contribution in [0.15, 0.2) is 42.5 Å². The second kappa shape index (κ2) is 4.83. The van der Waals surface area contributed by atoms with Gasteiger partial charge in [0.25, 0.3) is 0 Å². The summed E-state index contributed by atoms with van der Waals surface area (Å²) in [5.74, 6) is -3.18. The fraction of sp³-hybridized carbons (Fsp3) is 0. The first-order valence-corrected chi connectivity index (χ1v) is 5.13. The number of hydrogen-bond donors (Lipinski definition) is 2. The number of hydrogen-bond acceptors (Lipinski definition) is 2. The molecule has 0 aliphatic rings. The van der Waals surface area contributed by atoms with Gasteiger partial charge in [0.1, 0.15) is 0 Å². The van der Waals surface area contributed by atoms with Gasteiger partial charge in [-0.15, -0.1) is 0 Å². The lowest BCUT2D eigenvalue weighted by molar-refractivity contribution is 0.0698. The molecule has 0 saturated heterocycles. The topological polar surface area (TPSA) is 49.3 Å². The molecule has 0 amide bonds. The van der Waals surface area contributed by atoms with E-state index >= 15 is 0 Å². The molecule has 2 N–H and O–H groups in total. The lowest BCUT2D eigenvalue weighted by atomic mass is 10.1. The van der Waals surface area contributed by atoms with Crippen molar-refractivity contribution in [3.63, 3.8) is 0 Å². The van der Waals surface area contributed by atoms with Gasteiger partial charge in [0.05, 0.1) is 16.9 Å². The van der Waals surface area contributed by atoms with Crippen molar-refractivity contribution in [1.29, 1.82) is 0 Å². The Morgan fingerprint density at radius 1 is 1.00 bits per heavy atom. The molecule has 5 heteroatoms. The van der Waals surface area contributed by atoms with E-state index in [2.05, 4.69) is 5.32 Å². The van der Waals surface area contributed by atoms with Crippen LogP contribution in [-0.4, -0.2) is 11.1 Å². The highest BCUT2D eigenvalue weighted by Gasteiger charge is 2.12. The average molecular weight is 249 g/mol. The van der Waals surface area contributed by atoms with Crippen LogP contribution in [-0.2, 0) is 0 Å². The smallest absolute Gasteiger partial charge is 0.337 e. The van der Waals surface area contributed by atoms with Crippen molar-refractivity contribution < 1.29 is 18.7 Å². The number of carboxylic acid groups (broad SMARTS) is 1. The zero-order valence-corrected chi connectivity index (χ0v) is 9.15. The van der Waals surface area contributed by atoms with Crippen LogP contribution >= 0.6 is 0 Å². The summed E-state index contributed by atoms with van der Waals surface area (Å²) in [6, 6.07) is 9.67. The maximum atomic E-state index is 13.4. The highest BCUT2D eigenvalue weighted by atomic mass is 19.2. The Kier molecular flexibility index (Phi) is 3.23. The fourth-order valence-corrected chi connectivity index (χ4v) is 1.52. The third kappa shape index (κ3) is 2.29. The summed E-state index contributed by atoms with van der Waals surface area (Å²) >= 11 is 0. The molecule has 0 bridgehead atoms. The lowest BCUT2D eigenvalue weighted by Crippen LogP contribution is -2.03. The van der Waals surface area contributed by atoms with E-state index in [9.17, 15) is 13.6 Å². The van der Waals surface area contributed by atoms with Crippen molar-refractivity contribution in [2.24, 2.45) is 0 Å². The summed E-state index contributed by atoms with van der Waals surface area (Å²) in [5.41, 5.74) is 0.0827. The van der Waals surface area contributed by atoms with E-state index < -0.39 is 17.6 Å². The molecule has 0 aromatic heterocycles. The average Bonchev–Trinajstić information content (AvgIpc) is 2.35. The number of carboxylic acids is 1. The van der Waals surface area contributed by atoms with Crippen molar-refractivity contribution in [2.75, 3.05) is 5.32 Å². The normalized spacial score (nSPS) is 10.1. The van der Waals surface area contributed by atoms with Crippen LogP contribution in [0.5, 0.6) is 0 Å². The Morgan fingerprint density at radius 2 is 1.67 bits per heavy atom. The largest absolute Gasteiger partial charge is 0.478 e. The van der Waals surface area contributed by atoms with Gasteiger partial charge < -0.3 is 10.4 Å². The summed E-state index contributed by atoms with van der Waals surface area (Å²) in [5, 5.41) is 11.5. The summed E-state index contributed by atoms with van der Waals surface area (Å²) < 4.78 is 26.4. The van der Waals surface area contributed by atoms with E-state index in [1.807, 2.05) is 0 Å². The van der Waals surface area contributed by atoms with Crippen molar-refractivity contribution in [3.05, 3.63) is 59.7 Å². The molecule has 2 rings (SSSR count). The molecule has 92 valence electrons. The minimum absolute atomic E-state index is 0.0128. The van der Waals surface area contributed by atoms with E-state index in [1.165, 1.54) is 24.3 Å². The molecule has 0 atom stereocenters. The quantitative estimate of drug-likeness (QED) is 0.876. The van der Waals surface area contributed by atoms with Crippen LogP contribution in [0, 0.1) is 11.6 Å². The Hall–Kier alpha value is -2.43. The third-order valence-electron chi connectivity index (χ3n) is 2.38. The number of aromatic carboxylic acids is 1. The van der Waals surface area contributed by atoms with Crippen LogP contribution in [0.25, 0.3) is 0 Å². The molecule has 0 aliphatic heterocycles. The minimum atomic E-state index is -1.14. The second-order valence-corrected chi connectivity index (χ2v) is 3.58. The molecule has 3 nitrogen and oxygen atoms in total. The first-order chi connectivity index (χ1) is 8.59. The van der Waals surface area contributed by atoms with Crippen LogP contribution < -0.4 is 5.32 Å². The number of anilines is 2. The third-order valence-corrected chi connectivity index (χ3v) is 2.38. The van der Waals surface area contributed by atoms with Crippen LogP contribution in [0.3, 0.4) is 0 Å². The van der Waals surface area contributed by atoms with Gasteiger partial charge in [-0.1, -0.05) is 18.2 Å². The molecule has 0 fully saturated rings. The summed E-state index contributed by atoms with van der Waals surface area (Å²) in [6.07, 6.45) is 0. The molecular weight excluding hydrogens is 240 g/mol. The van der Waals surface area contributed by atoms with Gasteiger partial charge in [-0.05, 0) is 24.3 Å². The highest BCUT2D eigenvalue weighted by Crippen LogP contribution is 2.24. The Labute approximate surface area is 102 Å². The summed E-state index contributed by atoms with van der Waals surface area (Å²) in [6.45, 7) is 0. The molecular formula is C13H9F2NO2. The number of para-hydroxylation sites is 1. The first kappa shape index (κ1) is 12.0. The second-order valence-electron chi connectivity index (χ2n) is 3.58. The molecule has 2 aromatic rings. The number of halogens is 2. The number of benzene rings is 2. The lowest BCUT2D eigenvalue weighted by Gasteiger charge is -2.10. The van der Waals surface area contributed by atoms with E-state index in [-0.39, 0.29) is 16.9 Å². The van der Waals surface area contributed by atoms with Gasteiger partial charge in [-0.3, -0.25) is 0 Å². The monoisotopic (exact) mass is 249 g/mol. The zero-order valence-electron chi connectivity index (χ0n) is 9.15. The fourth-order valence-electron chi connectivity index (χ4n) is 1.52. The Morgan fingerprint density at radius 3 is 2.39 bits per heavy atom. The predicted octanol–water partition coefficient (Wildman–Crippen LogP) is 3.41. The Bertz CT molecular complexity index is 599. The molecule has 0 saturated carbocycles. The Balaban J connectivity index is 2.40. The molecule has 0 unspecified atom stereocenters. The molecule has 18 heavy (non-hydrogen) atoms. The van der Waals surface area contributed by atoms with Gasteiger partial charge in [0.2, 0.25) is 0 Å². The van der Waals surface area contributed by atoms with E-state index in [4.69, 9.17) is 5.11 Å². The molecule has 2 aromatic carbocycles. The standard InChI is InChI=1S/C13H9F2NO2/c14-9-5-3-7-11(12(9)15)16-10-6-2-1-4-8(10)13(17)18/h1-7,16H,(H,17,18). The van der Waals surface area contributed by atoms with Crippen molar-refractivity contribution in [1.82, 2.24) is 0 Å². The number of nitrogens with one attached hydrogen (secondary N) is 1. The van der Waals surface area contributed by atoms with Crippen LogP contribution in [0.4, 0.5) is 20.2 Å². The van der Waals surface area contributed by atoms with E-state index in [0.717, 1.165) is 6.07 Å². The first-order valence-electron chi connectivity index (χ1n) is 5.13. The van der Waals surface area contributed by atoms with E-state index in [0.29, 0.717) is 0 Å². The van der Waals surface area contributed by atoms with Crippen molar-refractivity contribution in [3.8, 4) is 0 Å². The summed E-state index contributed by atoms with van der Waals surface area (Å²) in [7, 11) is 0. The molecule has 0 heterocycles. The summed E-state index contributed by atoms with van der Waals surface area (Å²) in [4.78, 5) is 11.0. The van der Waals surface area contributed by atoms with Gasteiger partial charge in [-0.2, -0.15) is 0 Å². The van der Waals surface area contributed by atoms with Crippen molar-refractivity contribution >= 4 is 17.3 Å². The number of rotatable bonds is 3. The SMILES string of the molecule is O=C(O)c1ccccc1Nc1cccc(F)c1F. The van der Waals surface area contributed by atoms with Crippen molar-refractivity contribution in [2.45, 2.75) is 0 Å². The zero-order chi connectivity index (χ0) is 13.1. The van der Waals surface area contributed by atoms with Gasteiger partial charge in [0.15, 0.2) is 11.6 Å².